The number of nitro benzene ring substituents is 1. The molecule has 2 aromatic rings. The Balaban J connectivity index is 1.77. The van der Waals surface area contributed by atoms with Gasteiger partial charge in [0.1, 0.15) is 23.5 Å². The van der Waals surface area contributed by atoms with E-state index in [1.807, 2.05) is 0 Å². The van der Waals surface area contributed by atoms with Crippen molar-refractivity contribution in [3.05, 3.63) is 63.2 Å². The fourth-order valence-electron chi connectivity index (χ4n) is 3.19. The van der Waals surface area contributed by atoms with E-state index in [0.717, 1.165) is 4.90 Å². The molecule has 1 aliphatic heterocycles. The zero-order chi connectivity index (χ0) is 22.8. The molecule has 0 aromatic heterocycles. The van der Waals surface area contributed by atoms with Crippen LogP contribution >= 0.6 is 11.6 Å². The first-order chi connectivity index (χ1) is 14.7. The van der Waals surface area contributed by atoms with E-state index in [4.69, 9.17) is 16.3 Å². The second-order valence-electron chi connectivity index (χ2n) is 6.87. The van der Waals surface area contributed by atoms with Crippen molar-refractivity contribution < 1.29 is 24.0 Å². The smallest absolute Gasteiger partial charge is 0.325 e. The molecule has 1 saturated heterocycles. The normalized spacial score (nSPS) is 18.0. The second kappa shape index (κ2) is 8.60. The van der Waals surface area contributed by atoms with Crippen LogP contribution in [0.5, 0.6) is 5.75 Å². The summed E-state index contributed by atoms with van der Waals surface area (Å²) in [5.41, 5.74) is -1.39. The third-order valence-electron chi connectivity index (χ3n) is 4.73. The Bertz CT molecular complexity index is 1080. The van der Waals surface area contributed by atoms with Gasteiger partial charge in [-0.15, -0.1) is 0 Å². The number of rotatable bonds is 7. The highest BCUT2D eigenvalue weighted by atomic mass is 35.5. The number of hydrogen-bond acceptors (Lipinski definition) is 6. The SMILES string of the molecule is CCOc1ccc(NC(=O)CN2C(=O)NC(C)(c3cccc(Cl)c3)C2=O)c([N+](=O)[O-])c1. The van der Waals surface area contributed by atoms with Gasteiger partial charge in [0.2, 0.25) is 5.91 Å². The molecular formula is C20H19ClN4O6. The predicted octanol–water partition coefficient (Wildman–Crippen LogP) is 3.05. The van der Waals surface area contributed by atoms with E-state index in [1.54, 1.807) is 31.2 Å². The summed E-state index contributed by atoms with van der Waals surface area (Å²) in [7, 11) is 0. The van der Waals surface area contributed by atoms with Crippen LogP contribution in [0, 0.1) is 10.1 Å². The molecule has 10 nitrogen and oxygen atoms in total. The van der Waals surface area contributed by atoms with Gasteiger partial charge in [0.25, 0.3) is 11.6 Å². The van der Waals surface area contributed by atoms with Gasteiger partial charge in [-0.1, -0.05) is 23.7 Å². The largest absolute Gasteiger partial charge is 0.494 e. The summed E-state index contributed by atoms with van der Waals surface area (Å²) in [6.45, 7) is 2.94. The highest BCUT2D eigenvalue weighted by Crippen LogP contribution is 2.31. The Labute approximate surface area is 182 Å². The minimum Gasteiger partial charge on any atom is -0.494 e. The van der Waals surface area contributed by atoms with Gasteiger partial charge in [-0.25, -0.2) is 4.79 Å². The number of anilines is 1. The van der Waals surface area contributed by atoms with Gasteiger partial charge in [-0.2, -0.15) is 0 Å². The number of ether oxygens (including phenoxy) is 1. The summed E-state index contributed by atoms with van der Waals surface area (Å²) < 4.78 is 5.23. The molecule has 0 aliphatic carbocycles. The summed E-state index contributed by atoms with van der Waals surface area (Å²) in [5, 5.41) is 16.7. The quantitative estimate of drug-likeness (QED) is 0.382. The molecule has 1 fully saturated rings. The van der Waals surface area contributed by atoms with Gasteiger partial charge in [0.05, 0.1) is 17.6 Å². The van der Waals surface area contributed by atoms with Crippen LogP contribution in [0.2, 0.25) is 5.02 Å². The third kappa shape index (κ3) is 4.43. The van der Waals surface area contributed by atoms with Crippen molar-refractivity contribution in [2.24, 2.45) is 0 Å². The standard InChI is InChI=1S/C20H19ClN4O6/c1-3-31-14-7-8-15(16(10-14)25(29)30)22-17(26)11-24-18(27)20(2,23-19(24)28)12-5-4-6-13(21)9-12/h4-10H,3,11H2,1-2H3,(H,22,26)(H,23,28). The molecule has 1 unspecified atom stereocenters. The lowest BCUT2D eigenvalue weighted by atomic mass is 9.92. The topological polar surface area (TPSA) is 131 Å². The van der Waals surface area contributed by atoms with Crippen molar-refractivity contribution in [2.45, 2.75) is 19.4 Å². The molecule has 0 bridgehead atoms. The van der Waals surface area contributed by atoms with Crippen LogP contribution in [-0.2, 0) is 15.1 Å². The van der Waals surface area contributed by atoms with Crippen LogP contribution in [0.25, 0.3) is 0 Å². The fraction of sp³-hybridized carbons (Fsp3) is 0.250. The predicted molar refractivity (Wildman–Crippen MR) is 112 cm³/mol. The van der Waals surface area contributed by atoms with Crippen LogP contribution in [0.4, 0.5) is 16.2 Å². The lowest BCUT2D eigenvalue weighted by Gasteiger charge is -2.22. The molecule has 1 heterocycles. The molecule has 162 valence electrons. The van der Waals surface area contributed by atoms with Gasteiger partial charge in [0, 0.05) is 5.02 Å². The summed E-state index contributed by atoms with van der Waals surface area (Å²) in [6, 6.07) is 9.67. The highest BCUT2D eigenvalue weighted by Gasteiger charge is 2.49. The Hall–Kier alpha value is -3.66. The maximum absolute atomic E-state index is 12.9. The number of nitrogens with one attached hydrogen (secondary N) is 2. The van der Waals surface area contributed by atoms with Gasteiger partial charge in [0.15, 0.2) is 0 Å². The van der Waals surface area contributed by atoms with Gasteiger partial charge in [-0.05, 0) is 43.7 Å². The second-order valence-corrected chi connectivity index (χ2v) is 7.31. The van der Waals surface area contributed by atoms with Crippen LogP contribution in [-0.4, -0.2) is 40.8 Å². The number of nitro groups is 1. The molecule has 1 atom stereocenters. The van der Waals surface area contributed by atoms with Crippen LogP contribution in [0.1, 0.15) is 19.4 Å². The Morgan fingerprint density at radius 2 is 2.03 bits per heavy atom. The third-order valence-corrected chi connectivity index (χ3v) is 4.96. The van der Waals surface area contributed by atoms with Crippen LogP contribution < -0.4 is 15.4 Å². The van der Waals surface area contributed by atoms with Crippen LogP contribution in [0.3, 0.4) is 0 Å². The van der Waals surface area contributed by atoms with Gasteiger partial charge in [-0.3, -0.25) is 24.6 Å². The fourth-order valence-corrected chi connectivity index (χ4v) is 3.38. The van der Waals surface area contributed by atoms with Crippen molar-refractivity contribution in [1.29, 1.82) is 0 Å². The minimum atomic E-state index is -1.40. The van der Waals surface area contributed by atoms with Gasteiger partial charge >= 0.3 is 6.03 Å². The molecule has 31 heavy (non-hydrogen) atoms. The molecule has 4 amide bonds. The number of carbonyl (C=O) groups is 3. The molecule has 11 heteroatoms. The monoisotopic (exact) mass is 446 g/mol. The summed E-state index contributed by atoms with van der Waals surface area (Å²) in [5.74, 6) is -1.14. The number of benzene rings is 2. The number of hydrogen-bond donors (Lipinski definition) is 2. The average molecular weight is 447 g/mol. The zero-order valence-corrected chi connectivity index (χ0v) is 17.4. The number of carbonyl (C=O) groups excluding carboxylic acids is 3. The first-order valence-corrected chi connectivity index (χ1v) is 9.64. The lowest BCUT2D eigenvalue weighted by Crippen LogP contribution is -2.42. The van der Waals surface area contributed by atoms with Crippen molar-refractivity contribution >= 4 is 40.8 Å². The number of amides is 4. The Kier molecular flexibility index (Phi) is 6.11. The number of nitrogens with zero attached hydrogens (tertiary/aromatic N) is 2. The number of halogens is 1. The number of imide groups is 1. The summed E-state index contributed by atoms with van der Waals surface area (Å²) >= 11 is 5.99. The molecule has 2 aromatic carbocycles. The Morgan fingerprint density at radius 3 is 2.68 bits per heavy atom. The van der Waals surface area contributed by atoms with E-state index < -0.39 is 34.9 Å². The molecule has 3 rings (SSSR count). The van der Waals surface area contributed by atoms with Crippen LogP contribution in [0.15, 0.2) is 42.5 Å². The maximum atomic E-state index is 12.9. The molecule has 0 spiro atoms. The molecule has 0 saturated carbocycles. The average Bonchev–Trinajstić information content (AvgIpc) is 2.93. The molecule has 1 aliphatic rings. The summed E-state index contributed by atoms with van der Waals surface area (Å²) in [4.78, 5) is 49.2. The van der Waals surface area contributed by atoms with Crippen molar-refractivity contribution in [2.75, 3.05) is 18.5 Å². The van der Waals surface area contributed by atoms with Gasteiger partial charge < -0.3 is 15.4 Å². The first-order valence-electron chi connectivity index (χ1n) is 9.27. The van der Waals surface area contributed by atoms with E-state index in [0.29, 0.717) is 17.2 Å². The van der Waals surface area contributed by atoms with Crippen molar-refractivity contribution in [3.63, 3.8) is 0 Å². The molecular weight excluding hydrogens is 428 g/mol. The maximum Gasteiger partial charge on any atom is 0.325 e. The molecule has 0 radical (unpaired) electrons. The zero-order valence-electron chi connectivity index (χ0n) is 16.7. The molecule has 2 N–H and O–H groups in total. The lowest BCUT2D eigenvalue weighted by molar-refractivity contribution is -0.384. The van der Waals surface area contributed by atoms with E-state index in [9.17, 15) is 24.5 Å². The Morgan fingerprint density at radius 1 is 1.29 bits per heavy atom. The van der Waals surface area contributed by atoms with Crippen molar-refractivity contribution in [1.82, 2.24) is 10.2 Å². The number of urea groups is 1. The minimum absolute atomic E-state index is 0.0805. The summed E-state index contributed by atoms with van der Waals surface area (Å²) in [6.07, 6.45) is 0. The van der Waals surface area contributed by atoms with E-state index >= 15 is 0 Å². The highest BCUT2D eigenvalue weighted by molar-refractivity contribution is 6.30. The van der Waals surface area contributed by atoms with E-state index in [2.05, 4.69) is 10.6 Å². The van der Waals surface area contributed by atoms with E-state index in [-0.39, 0.29) is 17.1 Å². The van der Waals surface area contributed by atoms with E-state index in [1.165, 1.54) is 25.1 Å². The van der Waals surface area contributed by atoms with Crippen molar-refractivity contribution in [3.8, 4) is 5.75 Å². The first kappa shape index (κ1) is 22.0.